The number of rotatable bonds is 3. The molecule has 27 heavy (non-hydrogen) atoms. The highest BCUT2D eigenvalue weighted by Gasteiger charge is 2.61. The molecule has 0 bridgehead atoms. The third-order valence-electron chi connectivity index (χ3n) is 5.29. The Kier molecular flexibility index (Phi) is 3.61. The van der Waals surface area contributed by atoms with E-state index in [4.69, 9.17) is 9.31 Å². The fourth-order valence-corrected chi connectivity index (χ4v) is 3.99. The van der Waals surface area contributed by atoms with Crippen LogP contribution in [0.1, 0.15) is 11.1 Å². The number of para-hydroxylation sites is 1. The average molecular weight is 355 g/mol. The second-order valence-corrected chi connectivity index (χ2v) is 6.96. The van der Waals surface area contributed by atoms with Crippen LogP contribution in [0.3, 0.4) is 0 Å². The first-order chi connectivity index (χ1) is 13.3. The molecular formula is C22H18BNO3. The Hall–Kier alpha value is -3.34. The summed E-state index contributed by atoms with van der Waals surface area (Å²) in [7, 11) is 0. The van der Waals surface area contributed by atoms with Crippen molar-refractivity contribution in [1.29, 1.82) is 0 Å². The summed E-state index contributed by atoms with van der Waals surface area (Å²) in [5, 5.41) is 0. The van der Waals surface area contributed by atoms with Crippen molar-refractivity contribution >= 4 is 24.3 Å². The first-order valence-corrected chi connectivity index (χ1v) is 9.13. The number of hydrogen-bond acceptors (Lipinski definition) is 3. The summed E-state index contributed by atoms with van der Waals surface area (Å²) in [5.41, 5.74) is 2.89. The number of nitrogens with zero attached hydrogens (tertiary/aromatic N) is 1. The van der Waals surface area contributed by atoms with Crippen LogP contribution in [0.5, 0.6) is 5.75 Å². The van der Waals surface area contributed by atoms with E-state index in [0.717, 1.165) is 22.3 Å². The topological polar surface area (TPSA) is 38.5 Å². The van der Waals surface area contributed by atoms with Gasteiger partial charge < -0.3 is 13.8 Å². The molecule has 0 saturated carbocycles. The van der Waals surface area contributed by atoms with Crippen molar-refractivity contribution in [2.24, 2.45) is 0 Å². The van der Waals surface area contributed by atoms with Crippen LogP contribution in [-0.2, 0) is 15.9 Å². The van der Waals surface area contributed by atoms with E-state index in [0.29, 0.717) is 6.42 Å². The third kappa shape index (κ3) is 2.55. The molecule has 3 aromatic rings. The highest BCUT2D eigenvalue weighted by molar-refractivity contribution is 6.77. The van der Waals surface area contributed by atoms with Crippen molar-refractivity contribution in [3.05, 3.63) is 96.1 Å². The Balaban J connectivity index is 1.66. The second kappa shape index (κ2) is 6.13. The molecule has 2 aliphatic heterocycles. The van der Waals surface area contributed by atoms with Gasteiger partial charge in [0.2, 0.25) is 6.04 Å². The predicted octanol–water partition coefficient (Wildman–Crippen LogP) is 2.52. The Morgan fingerprint density at radius 2 is 1.48 bits per heavy atom. The summed E-state index contributed by atoms with van der Waals surface area (Å²) in [6, 6.07) is 27.1. The van der Waals surface area contributed by atoms with Gasteiger partial charge in [-0.05, 0) is 23.2 Å². The largest absolute Gasteiger partial charge is 0.682 e. The van der Waals surface area contributed by atoms with E-state index in [1.807, 2.05) is 95.6 Å². The van der Waals surface area contributed by atoms with Crippen molar-refractivity contribution in [3.8, 4) is 5.75 Å². The Labute approximate surface area is 157 Å². The van der Waals surface area contributed by atoms with Crippen LogP contribution in [-0.4, -0.2) is 29.4 Å². The Morgan fingerprint density at radius 3 is 2.26 bits per heavy atom. The van der Waals surface area contributed by atoms with Gasteiger partial charge in [-0.15, -0.1) is 0 Å². The van der Waals surface area contributed by atoms with Crippen LogP contribution in [0.2, 0.25) is 0 Å². The van der Waals surface area contributed by atoms with E-state index in [2.05, 4.69) is 0 Å². The van der Waals surface area contributed by atoms with Gasteiger partial charge in [-0.3, -0.25) is 0 Å². The fourth-order valence-electron chi connectivity index (χ4n) is 3.99. The highest BCUT2D eigenvalue weighted by Crippen LogP contribution is 2.32. The van der Waals surface area contributed by atoms with Gasteiger partial charge in [0.05, 0.1) is 11.3 Å². The minimum absolute atomic E-state index is 0.258. The van der Waals surface area contributed by atoms with Gasteiger partial charge in [-0.1, -0.05) is 72.8 Å². The van der Waals surface area contributed by atoms with Crippen LogP contribution in [0.4, 0.5) is 0 Å². The zero-order chi connectivity index (χ0) is 18.3. The quantitative estimate of drug-likeness (QED) is 0.678. The monoisotopic (exact) mass is 355 g/mol. The van der Waals surface area contributed by atoms with Crippen LogP contribution in [0.15, 0.2) is 84.9 Å². The average Bonchev–Trinajstić information content (AvgIpc) is 2.99. The minimum Gasteiger partial charge on any atom is -0.618 e. The van der Waals surface area contributed by atoms with Gasteiger partial charge in [-0.25, -0.2) is 4.79 Å². The Morgan fingerprint density at radius 1 is 0.815 bits per heavy atom. The van der Waals surface area contributed by atoms with Gasteiger partial charge in [0.25, 0.3) is 0 Å². The van der Waals surface area contributed by atoms with E-state index in [1.165, 1.54) is 0 Å². The molecule has 1 unspecified atom stereocenters. The second-order valence-electron chi connectivity index (χ2n) is 6.96. The lowest BCUT2D eigenvalue weighted by Gasteiger charge is -2.35. The van der Waals surface area contributed by atoms with Crippen LogP contribution in [0.25, 0.3) is 0 Å². The summed E-state index contributed by atoms with van der Waals surface area (Å²) in [6.45, 7) is -2.11. The van der Waals surface area contributed by atoms with Crippen molar-refractivity contribution in [1.82, 2.24) is 0 Å². The zero-order valence-electron chi connectivity index (χ0n) is 14.7. The SMILES string of the molecule is O=C1O[B-]2(c3ccccc3)Oc3ccccc3C=[N+]2[C@H]1Cc1ccccc1. The standard InChI is InChI=1S/C22H18BNO3/c25-22-20(15-17-9-3-1-4-10-17)24-16-18-11-7-8-14-21(18)26-23(24,27-22)19-12-5-2-6-13-19/h1-14,16,20H,15H2/t20-,23?/m0/s1. The lowest BCUT2D eigenvalue weighted by Crippen LogP contribution is -2.64. The van der Waals surface area contributed by atoms with E-state index < -0.39 is 12.7 Å². The summed E-state index contributed by atoms with van der Waals surface area (Å²) in [6.07, 6.45) is 2.57. The number of carbonyl (C=O) groups excluding carboxylic acids is 1. The fraction of sp³-hybridized carbons (Fsp3) is 0.0909. The van der Waals surface area contributed by atoms with E-state index in [-0.39, 0.29) is 5.97 Å². The minimum atomic E-state index is -2.11. The van der Waals surface area contributed by atoms with Gasteiger partial charge >= 0.3 is 12.7 Å². The molecule has 0 spiro atoms. The summed E-state index contributed by atoms with van der Waals surface area (Å²) >= 11 is 0. The zero-order valence-corrected chi connectivity index (χ0v) is 14.7. The highest BCUT2D eigenvalue weighted by atomic mass is 16.7. The lowest BCUT2D eigenvalue weighted by molar-refractivity contribution is -0.432. The molecule has 1 saturated heterocycles. The maximum Gasteiger partial charge on any atom is 0.682 e. The molecule has 4 nitrogen and oxygen atoms in total. The molecule has 0 aromatic heterocycles. The molecule has 2 aliphatic rings. The summed E-state index contributed by atoms with van der Waals surface area (Å²) in [5.74, 6) is 0.470. The van der Waals surface area contributed by atoms with Gasteiger partial charge in [0.1, 0.15) is 6.21 Å². The van der Waals surface area contributed by atoms with E-state index in [1.54, 1.807) is 0 Å². The molecular weight excluding hydrogens is 337 g/mol. The molecule has 0 aliphatic carbocycles. The van der Waals surface area contributed by atoms with Crippen molar-refractivity contribution < 1.29 is 18.6 Å². The molecule has 1 fully saturated rings. The van der Waals surface area contributed by atoms with Gasteiger partial charge in [-0.2, -0.15) is 0 Å². The van der Waals surface area contributed by atoms with Gasteiger partial charge in [0.15, 0.2) is 0 Å². The van der Waals surface area contributed by atoms with Crippen molar-refractivity contribution in [2.45, 2.75) is 12.5 Å². The van der Waals surface area contributed by atoms with Gasteiger partial charge in [0, 0.05) is 6.42 Å². The predicted molar refractivity (Wildman–Crippen MR) is 104 cm³/mol. The van der Waals surface area contributed by atoms with Crippen molar-refractivity contribution in [3.63, 3.8) is 0 Å². The third-order valence-corrected chi connectivity index (χ3v) is 5.29. The number of benzene rings is 3. The van der Waals surface area contributed by atoms with Crippen LogP contribution < -0.4 is 10.1 Å². The first-order valence-electron chi connectivity index (χ1n) is 9.13. The molecule has 2 heterocycles. The molecule has 5 heteroatoms. The van der Waals surface area contributed by atoms with Crippen LogP contribution in [0, 0.1) is 0 Å². The number of fused-ring (bicyclic) bond motifs is 2. The molecule has 0 amide bonds. The lowest BCUT2D eigenvalue weighted by atomic mass is 9.62. The smallest absolute Gasteiger partial charge is 0.618 e. The van der Waals surface area contributed by atoms with Crippen molar-refractivity contribution in [2.75, 3.05) is 0 Å². The number of hydrogen-bond donors (Lipinski definition) is 0. The number of carbonyl (C=O) groups is 1. The molecule has 132 valence electrons. The normalized spacial score (nSPS) is 22.9. The molecule has 5 rings (SSSR count). The molecule has 0 N–H and O–H groups in total. The first kappa shape index (κ1) is 15.9. The summed E-state index contributed by atoms with van der Waals surface area (Å²) < 4.78 is 14.3. The Bertz CT molecular complexity index is 1040. The molecule has 2 atom stereocenters. The maximum atomic E-state index is 12.9. The van der Waals surface area contributed by atoms with E-state index in [9.17, 15) is 4.79 Å². The summed E-state index contributed by atoms with van der Waals surface area (Å²) in [4.78, 5) is 12.9. The molecule has 0 radical (unpaired) electrons. The van der Waals surface area contributed by atoms with E-state index >= 15 is 0 Å². The maximum absolute atomic E-state index is 12.9. The molecule has 3 aromatic carbocycles. The van der Waals surface area contributed by atoms with Crippen LogP contribution >= 0.6 is 0 Å².